The summed E-state index contributed by atoms with van der Waals surface area (Å²) in [7, 11) is 1.67. The highest BCUT2D eigenvalue weighted by molar-refractivity contribution is 5.48. The molecular formula is C20H27NO3. The molecule has 130 valence electrons. The van der Waals surface area contributed by atoms with Gasteiger partial charge in [-0.25, -0.2) is 0 Å². The van der Waals surface area contributed by atoms with Crippen LogP contribution in [-0.4, -0.2) is 26.4 Å². The van der Waals surface area contributed by atoms with Gasteiger partial charge in [-0.1, -0.05) is 25.1 Å². The van der Waals surface area contributed by atoms with Crippen LogP contribution >= 0.6 is 0 Å². The van der Waals surface area contributed by atoms with Gasteiger partial charge in [0.1, 0.15) is 18.1 Å². The van der Waals surface area contributed by atoms with Crippen LogP contribution in [0.4, 0.5) is 5.69 Å². The van der Waals surface area contributed by atoms with Crippen molar-refractivity contribution in [1.82, 2.24) is 0 Å². The van der Waals surface area contributed by atoms with Crippen molar-refractivity contribution >= 4 is 5.69 Å². The quantitative estimate of drug-likeness (QED) is 0.651. The van der Waals surface area contributed by atoms with Crippen LogP contribution in [0.1, 0.15) is 25.8 Å². The third kappa shape index (κ3) is 6.13. The highest BCUT2D eigenvalue weighted by Crippen LogP contribution is 2.20. The first kappa shape index (κ1) is 18.1. The van der Waals surface area contributed by atoms with E-state index in [9.17, 15) is 0 Å². The molecule has 1 unspecified atom stereocenters. The second-order valence-corrected chi connectivity index (χ2v) is 5.70. The Balaban J connectivity index is 1.85. The van der Waals surface area contributed by atoms with Gasteiger partial charge >= 0.3 is 0 Å². The van der Waals surface area contributed by atoms with Crippen molar-refractivity contribution in [3.05, 3.63) is 54.1 Å². The van der Waals surface area contributed by atoms with Crippen molar-refractivity contribution in [2.24, 2.45) is 0 Å². The Hall–Kier alpha value is -2.20. The minimum atomic E-state index is 0.228. The number of benzene rings is 2. The molecule has 0 saturated carbocycles. The Morgan fingerprint density at radius 1 is 1.00 bits per heavy atom. The maximum Gasteiger partial charge on any atom is 0.121 e. The molecule has 0 saturated heterocycles. The summed E-state index contributed by atoms with van der Waals surface area (Å²) in [6.07, 6.45) is 1.22. The van der Waals surface area contributed by atoms with E-state index in [1.807, 2.05) is 36.4 Å². The van der Waals surface area contributed by atoms with Crippen molar-refractivity contribution in [2.75, 3.05) is 25.6 Å². The predicted molar refractivity (Wildman–Crippen MR) is 98.0 cm³/mol. The van der Waals surface area contributed by atoms with E-state index in [4.69, 9.17) is 14.2 Å². The minimum absolute atomic E-state index is 0.228. The normalized spacial score (nSPS) is 11.8. The van der Waals surface area contributed by atoms with E-state index < -0.39 is 0 Å². The molecule has 0 aliphatic rings. The molecule has 2 rings (SSSR count). The first-order chi connectivity index (χ1) is 11.7. The number of rotatable bonds is 10. The van der Waals surface area contributed by atoms with Gasteiger partial charge in [-0.15, -0.1) is 0 Å². The standard InChI is InChI=1S/C20H27NO3/c1-4-16(2)24-20-7-5-6-18(14-20)21-15-17-8-10-19(11-9-17)23-13-12-22-3/h5-11,14,16,21H,4,12-13,15H2,1-3H3. The molecular weight excluding hydrogens is 302 g/mol. The lowest BCUT2D eigenvalue weighted by Gasteiger charge is -2.14. The second kappa shape index (κ2) is 9.83. The fraction of sp³-hybridized carbons (Fsp3) is 0.400. The maximum atomic E-state index is 5.85. The highest BCUT2D eigenvalue weighted by Gasteiger charge is 2.02. The lowest BCUT2D eigenvalue weighted by atomic mass is 10.2. The van der Waals surface area contributed by atoms with Gasteiger partial charge in [0, 0.05) is 25.4 Å². The first-order valence-corrected chi connectivity index (χ1v) is 8.42. The molecule has 2 aromatic rings. The van der Waals surface area contributed by atoms with E-state index in [0.29, 0.717) is 13.2 Å². The minimum Gasteiger partial charge on any atom is -0.491 e. The summed E-state index contributed by atoms with van der Waals surface area (Å²) in [5.41, 5.74) is 2.25. The summed E-state index contributed by atoms with van der Waals surface area (Å²) >= 11 is 0. The monoisotopic (exact) mass is 329 g/mol. The second-order valence-electron chi connectivity index (χ2n) is 5.70. The van der Waals surface area contributed by atoms with E-state index in [0.717, 1.165) is 30.2 Å². The lowest BCUT2D eigenvalue weighted by molar-refractivity contribution is 0.146. The van der Waals surface area contributed by atoms with E-state index >= 15 is 0 Å². The van der Waals surface area contributed by atoms with Crippen LogP contribution in [0.15, 0.2) is 48.5 Å². The Morgan fingerprint density at radius 2 is 1.79 bits per heavy atom. The van der Waals surface area contributed by atoms with Crippen LogP contribution in [0.5, 0.6) is 11.5 Å². The molecule has 2 aromatic carbocycles. The first-order valence-electron chi connectivity index (χ1n) is 8.42. The van der Waals surface area contributed by atoms with Gasteiger partial charge in [-0.3, -0.25) is 0 Å². The smallest absolute Gasteiger partial charge is 0.121 e. The molecule has 4 heteroatoms. The average Bonchev–Trinajstić information content (AvgIpc) is 2.61. The summed E-state index contributed by atoms with van der Waals surface area (Å²) in [6, 6.07) is 16.2. The molecule has 0 amide bonds. The summed E-state index contributed by atoms with van der Waals surface area (Å²) in [5, 5.41) is 3.42. The Bertz CT molecular complexity index is 598. The molecule has 0 spiro atoms. The number of methoxy groups -OCH3 is 1. The zero-order valence-electron chi connectivity index (χ0n) is 14.7. The van der Waals surface area contributed by atoms with Crippen LogP contribution in [-0.2, 0) is 11.3 Å². The maximum absolute atomic E-state index is 5.85. The number of hydrogen-bond acceptors (Lipinski definition) is 4. The molecule has 0 aliphatic heterocycles. The zero-order chi connectivity index (χ0) is 17.2. The lowest BCUT2D eigenvalue weighted by Crippen LogP contribution is -2.09. The highest BCUT2D eigenvalue weighted by atomic mass is 16.5. The van der Waals surface area contributed by atoms with Gasteiger partial charge in [0.15, 0.2) is 0 Å². The van der Waals surface area contributed by atoms with Gasteiger partial charge in [0.25, 0.3) is 0 Å². The average molecular weight is 329 g/mol. The van der Waals surface area contributed by atoms with Crippen LogP contribution in [0.25, 0.3) is 0 Å². The van der Waals surface area contributed by atoms with Crippen LogP contribution in [0.2, 0.25) is 0 Å². The van der Waals surface area contributed by atoms with E-state index in [1.165, 1.54) is 5.56 Å². The van der Waals surface area contributed by atoms with E-state index in [-0.39, 0.29) is 6.10 Å². The van der Waals surface area contributed by atoms with Crippen molar-refractivity contribution in [1.29, 1.82) is 0 Å². The zero-order valence-corrected chi connectivity index (χ0v) is 14.7. The van der Waals surface area contributed by atoms with Gasteiger partial charge < -0.3 is 19.5 Å². The Kier molecular flexibility index (Phi) is 7.43. The van der Waals surface area contributed by atoms with Crippen molar-refractivity contribution in [2.45, 2.75) is 32.9 Å². The molecule has 0 heterocycles. The molecule has 4 nitrogen and oxygen atoms in total. The molecule has 0 aromatic heterocycles. The largest absolute Gasteiger partial charge is 0.491 e. The summed E-state index contributed by atoms with van der Waals surface area (Å²) in [6.45, 7) is 6.12. The third-order valence-electron chi connectivity index (χ3n) is 3.72. The number of anilines is 1. The molecule has 0 fully saturated rings. The van der Waals surface area contributed by atoms with Gasteiger partial charge in [-0.05, 0) is 43.2 Å². The van der Waals surface area contributed by atoms with Crippen LogP contribution in [0.3, 0.4) is 0 Å². The van der Waals surface area contributed by atoms with Crippen molar-refractivity contribution < 1.29 is 14.2 Å². The van der Waals surface area contributed by atoms with Crippen molar-refractivity contribution in [3.8, 4) is 11.5 Å². The number of nitrogens with one attached hydrogen (secondary N) is 1. The van der Waals surface area contributed by atoms with Crippen LogP contribution < -0.4 is 14.8 Å². The summed E-state index contributed by atoms with van der Waals surface area (Å²) < 4.78 is 16.4. The topological polar surface area (TPSA) is 39.7 Å². The van der Waals surface area contributed by atoms with Gasteiger partial charge in [0.2, 0.25) is 0 Å². The number of hydrogen-bond donors (Lipinski definition) is 1. The molecule has 1 N–H and O–H groups in total. The fourth-order valence-electron chi connectivity index (χ4n) is 2.15. The van der Waals surface area contributed by atoms with Crippen LogP contribution in [0, 0.1) is 0 Å². The Labute approximate surface area is 144 Å². The molecule has 1 atom stereocenters. The van der Waals surface area contributed by atoms with E-state index in [1.54, 1.807) is 7.11 Å². The molecule has 0 bridgehead atoms. The number of ether oxygens (including phenoxy) is 3. The van der Waals surface area contributed by atoms with Crippen molar-refractivity contribution in [3.63, 3.8) is 0 Å². The van der Waals surface area contributed by atoms with E-state index in [2.05, 4.69) is 31.3 Å². The summed E-state index contributed by atoms with van der Waals surface area (Å²) in [5.74, 6) is 1.76. The Morgan fingerprint density at radius 3 is 2.50 bits per heavy atom. The van der Waals surface area contributed by atoms with Gasteiger partial charge in [0.05, 0.1) is 12.7 Å². The predicted octanol–water partition coefficient (Wildman–Crippen LogP) is 4.50. The fourth-order valence-corrected chi connectivity index (χ4v) is 2.15. The van der Waals surface area contributed by atoms with Gasteiger partial charge in [-0.2, -0.15) is 0 Å². The summed E-state index contributed by atoms with van der Waals surface area (Å²) in [4.78, 5) is 0. The molecule has 0 aliphatic carbocycles. The third-order valence-corrected chi connectivity index (χ3v) is 3.72. The SMILES string of the molecule is CCC(C)Oc1cccc(NCc2ccc(OCCOC)cc2)c1. The molecule has 0 radical (unpaired) electrons. The molecule has 24 heavy (non-hydrogen) atoms.